The molecule has 1 fully saturated rings. The first-order valence-corrected chi connectivity index (χ1v) is 10.6. The lowest BCUT2D eigenvalue weighted by atomic mass is 10.1. The van der Waals surface area contributed by atoms with E-state index in [-0.39, 0.29) is 23.5 Å². The van der Waals surface area contributed by atoms with Crippen molar-refractivity contribution in [3.05, 3.63) is 90.4 Å². The van der Waals surface area contributed by atoms with Gasteiger partial charge < -0.3 is 14.6 Å². The number of carbonyl (C=O) groups excluding carboxylic acids is 2. The Balaban J connectivity index is 1.37. The molecule has 5 rings (SSSR count). The van der Waals surface area contributed by atoms with Crippen LogP contribution < -0.4 is 10.2 Å². The number of anilines is 2. The molecule has 0 bridgehead atoms. The van der Waals surface area contributed by atoms with Crippen molar-refractivity contribution in [2.24, 2.45) is 0 Å². The molecule has 1 saturated heterocycles. The van der Waals surface area contributed by atoms with Crippen molar-refractivity contribution in [3.63, 3.8) is 0 Å². The van der Waals surface area contributed by atoms with Crippen LogP contribution >= 0.6 is 0 Å². The molecule has 33 heavy (non-hydrogen) atoms. The van der Waals surface area contributed by atoms with Crippen molar-refractivity contribution in [3.8, 4) is 22.8 Å². The highest BCUT2D eigenvalue weighted by atomic mass is 19.1. The molecule has 6 nitrogen and oxygen atoms in total. The minimum atomic E-state index is -0.412. The van der Waals surface area contributed by atoms with Gasteiger partial charge in [-0.05, 0) is 55.0 Å². The average molecular weight is 441 g/mol. The number of oxazole rings is 1. The Morgan fingerprint density at radius 1 is 0.970 bits per heavy atom. The third-order valence-corrected chi connectivity index (χ3v) is 5.56. The fourth-order valence-corrected chi connectivity index (χ4v) is 3.90. The highest BCUT2D eigenvalue weighted by molar-refractivity contribution is 6.08. The van der Waals surface area contributed by atoms with Crippen LogP contribution in [0.25, 0.3) is 22.8 Å². The van der Waals surface area contributed by atoms with Gasteiger partial charge in [-0.1, -0.05) is 24.3 Å². The van der Waals surface area contributed by atoms with Gasteiger partial charge in [-0.2, -0.15) is 0 Å². The zero-order chi connectivity index (χ0) is 22.8. The number of aromatic nitrogens is 1. The van der Waals surface area contributed by atoms with E-state index < -0.39 is 5.82 Å². The van der Waals surface area contributed by atoms with Gasteiger partial charge in [-0.25, -0.2) is 9.37 Å². The molecular formula is C26H20FN3O3. The lowest BCUT2D eigenvalue weighted by Gasteiger charge is -2.16. The average Bonchev–Trinajstić information content (AvgIpc) is 3.49. The third-order valence-electron chi connectivity index (χ3n) is 5.56. The summed E-state index contributed by atoms with van der Waals surface area (Å²) >= 11 is 0. The molecule has 0 unspecified atom stereocenters. The van der Waals surface area contributed by atoms with Crippen molar-refractivity contribution in [2.45, 2.75) is 12.8 Å². The lowest BCUT2D eigenvalue weighted by molar-refractivity contribution is -0.117. The van der Waals surface area contributed by atoms with Crippen LogP contribution in [-0.2, 0) is 4.79 Å². The van der Waals surface area contributed by atoms with Gasteiger partial charge in [0.1, 0.15) is 5.82 Å². The predicted molar refractivity (Wildman–Crippen MR) is 123 cm³/mol. The van der Waals surface area contributed by atoms with Crippen LogP contribution in [0, 0.1) is 5.82 Å². The summed E-state index contributed by atoms with van der Waals surface area (Å²) in [6.45, 7) is 0.711. The summed E-state index contributed by atoms with van der Waals surface area (Å²) in [4.78, 5) is 31.0. The van der Waals surface area contributed by atoms with Crippen molar-refractivity contribution < 1.29 is 18.4 Å². The SMILES string of the molecule is O=C(Nc1ccc(N2CCCC2=O)cc1)c1ccccc1-c1ncc(-c2ccccc2F)o1. The second kappa shape index (κ2) is 8.70. The van der Waals surface area contributed by atoms with Gasteiger partial charge in [0.05, 0.1) is 17.3 Å². The molecule has 3 aromatic carbocycles. The highest BCUT2D eigenvalue weighted by Crippen LogP contribution is 2.30. The topological polar surface area (TPSA) is 75.4 Å². The van der Waals surface area contributed by atoms with E-state index in [1.807, 2.05) is 12.1 Å². The number of amides is 2. The van der Waals surface area contributed by atoms with E-state index in [9.17, 15) is 14.0 Å². The van der Waals surface area contributed by atoms with E-state index in [0.29, 0.717) is 35.3 Å². The Morgan fingerprint density at radius 2 is 1.70 bits per heavy atom. The van der Waals surface area contributed by atoms with E-state index in [1.54, 1.807) is 59.5 Å². The Hall–Kier alpha value is -4.26. The quantitative estimate of drug-likeness (QED) is 0.442. The normalized spacial score (nSPS) is 13.4. The van der Waals surface area contributed by atoms with Crippen molar-refractivity contribution in [1.82, 2.24) is 4.98 Å². The Kier molecular flexibility index (Phi) is 5.44. The second-order valence-corrected chi connectivity index (χ2v) is 7.71. The summed E-state index contributed by atoms with van der Waals surface area (Å²) in [6, 6.07) is 20.4. The monoisotopic (exact) mass is 441 g/mol. The van der Waals surface area contributed by atoms with Crippen LogP contribution in [-0.4, -0.2) is 23.3 Å². The number of carbonyl (C=O) groups is 2. The molecule has 1 aliphatic heterocycles. The van der Waals surface area contributed by atoms with Crippen molar-refractivity contribution in [1.29, 1.82) is 0 Å². The largest absolute Gasteiger partial charge is 0.436 e. The molecule has 1 N–H and O–H groups in total. The van der Waals surface area contributed by atoms with E-state index in [1.165, 1.54) is 12.3 Å². The zero-order valence-electron chi connectivity index (χ0n) is 17.6. The summed E-state index contributed by atoms with van der Waals surface area (Å²) in [5.74, 6) is -0.125. The maximum absolute atomic E-state index is 14.1. The molecule has 0 aliphatic carbocycles. The molecule has 7 heteroatoms. The summed E-state index contributed by atoms with van der Waals surface area (Å²) in [6.07, 6.45) is 2.86. The Morgan fingerprint density at radius 3 is 2.42 bits per heavy atom. The minimum Gasteiger partial charge on any atom is -0.436 e. The molecule has 0 saturated carbocycles. The molecule has 1 aliphatic rings. The third kappa shape index (κ3) is 4.13. The van der Waals surface area contributed by atoms with Crippen LogP contribution in [0.2, 0.25) is 0 Å². The number of hydrogen-bond donors (Lipinski definition) is 1. The Bertz CT molecular complexity index is 1330. The molecule has 164 valence electrons. The molecule has 0 radical (unpaired) electrons. The number of nitrogens with one attached hydrogen (secondary N) is 1. The van der Waals surface area contributed by atoms with Gasteiger partial charge >= 0.3 is 0 Å². The molecule has 0 spiro atoms. The number of hydrogen-bond acceptors (Lipinski definition) is 4. The Labute approximate surface area is 189 Å². The number of rotatable bonds is 5. The molecular weight excluding hydrogens is 421 g/mol. The van der Waals surface area contributed by atoms with Gasteiger partial charge in [0.25, 0.3) is 5.91 Å². The first-order valence-electron chi connectivity index (χ1n) is 10.6. The van der Waals surface area contributed by atoms with Gasteiger partial charge in [0.2, 0.25) is 11.8 Å². The van der Waals surface area contributed by atoms with E-state index >= 15 is 0 Å². The molecule has 1 aromatic heterocycles. The van der Waals surface area contributed by atoms with Crippen LogP contribution in [0.5, 0.6) is 0 Å². The fourth-order valence-electron chi connectivity index (χ4n) is 3.90. The number of nitrogens with zero attached hydrogens (tertiary/aromatic N) is 2. The fraction of sp³-hybridized carbons (Fsp3) is 0.115. The van der Waals surface area contributed by atoms with Gasteiger partial charge in [-0.3, -0.25) is 9.59 Å². The molecule has 4 aromatic rings. The zero-order valence-corrected chi connectivity index (χ0v) is 17.6. The van der Waals surface area contributed by atoms with Crippen molar-refractivity contribution >= 4 is 23.2 Å². The van der Waals surface area contributed by atoms with Crippen LogP contribution in [0.3, 0.4) is 0 Å². The second-order valence-electron chi connectivity index (χ2n) is 7.71. The maximum atomic E-state index is 14.1. The van der Waals surface area contributed by atoms with Crippen LogP contribution in [0.1, 0.15) is 23.2 Å². The number of benzene rings is 3. The van der Waals surface area contributed by atoms with Gasteiger partial charge in [0.15, 0.2) is 5.76 Å². The highest BCUT2D eigenvalue weighted by Gasteiger charge is 2.22. The summed E-state index contributed by atoms with van der Waals surface area (Å²) in [5.41, 5.74) is 2.59. The van der Waals surface area contributed by atoms with Gasteiger partial charge in [0, 0.05) is 29.9 Å². The maximum Gasteiger partial charge on any atom is 0.256 e. The predicted octanol–water partition coefficient (Wildman–Crippen LogP) is 5.53. The first kappa shape index (κ1) is 20.6. The van der Waals surface area contributed by atoms with E-state index in [4.69, 9.17) is 4.42 Å². The summed E-state index contributed by atoms with van der Waals surface area (Å²) < 4.78 is 19.9. The summed E-state index contributed by atoms with van der Waals surface area (Å²) in [7, 11) is 0. The van der Waals surface area contributed by atoms with Crippen molar-refractivity contribution in [2.75, 3.05) is 16.8 Å². The number of halogens is 1. The van der Waals surface area contributed by atoms with Gasteiger partial charge in [-0.15, -0.1) is 0 Å². The molecule has 2 amide bonds. The first-order chi connectivity index (χ1) is 16.1. The standard InChI is InChI=1S/C26H20FN3O3/c27-22-9-4-3-8-21(22)23-16-28-26(33-23)20-7-2-1-6-19(20)25(32)29-17-11-13-18(14-12-17)30-15-5-10-24(30)31/h1-4,6-9,11-14,16H,5,10,15H2,(H,29,32). The van der Waals surface area contributed by atoms with Crippen LogP contribution in [0.4, 0.5) is 15.8 Å². The van der Waals surface area contributed by atoms with E-state index in [2.05, 4.69) is 10.3 Å². The molecule has 2 heterocycles. The minimum absolute atomic E-state index is 0.112. The van der Waals surface area contributed by atoms with E-state index in [0.717, 1.165) is 12.1 Å². The van der Waals surface area contributed by atoms with Crippen LogP contribution in [0.15, 0.2) is 83.4 Å². The molecule has 0 atom stereocenters. The smallest absolute Gasteiger partial charge is 0.256 e. The lowest BCUT2D eigenvalue weighted by Crippen LogP contribution is -2.23. The summed E-state index contributed by atoms with van der Waals surface area (Å²) in [5, 5.41) is 2.87.